The number of amides is 1. The molecule has 15 heavy (non-hydrogen) atoms. The van der Waals surface area contributed by atoms with E-state index < -0.39 is 0 Å². The molecule has 1 aliphatic rings. The van der Waals surface area contributed by atoms with Crippen LogP contribution in [-0.4, -0.2) is 10.9 Å². The Hall–Kier alpha value is -0.900. The summed E-state index contributed by atoms with van der Waals surface area (Å²) in [7, 11) is 0. The molecule has 1 aromatic rings. The zero-order chi connectivity index (χ0) is 10.8. The first-order valence-electron chi connectivity index (χ1n) is 5.13. The second-order valence-electron chi connectivity index (χ2n) is 3.86. The third-order valence-corrected chi connectivity index (χ3v) is 3.23. The average Bonchev–Trinajstić information content (AvgIpc) is 3.00. The van der Waals surface area contributed by atoms with Crippen LogP contribution < -0.4 is 5.32 Å². The number of carbonyl (C=O) groups is 1. The molecule has 0 aliphatic heterocycles. The minimum Gasteiger partial charge on any atom is -0.310 e. The minimum absolute atomic E-state index is 0.108. The Morgan fingerprint density at radius 2 is 2.47 bits per heavy atom. The Bertz CT molecular complexity index is 363. The van der Waals surface area contributed by atoms with Crippen molar-refractivity contribution in [2.45, 2.75) is 19.8 Å². The van der Waals surface area contributed by atoms with Crippen molar-refractivity contribution >= 4 is 27.7 Å². The van der Waals surface area contributed by atoms with E-state index in [1.165, 1.54) is 0 Å². The highest BCUT2D eigenvalue weighted by Crippen LogP contribution is 2.41. The fourth-order valence-corrected chi connectivity index (χ4v) is 1.92. The number of aromatic nitrogens is 1. The third-order valence-electron chi connectivity index (χ3n) is 2.76. The summed E-state index contributed by atoms with van der Waals surface area (Å²) in [5, 5.41) is 2.82. The molecule has 0 radical (unpaired) electrons. The van der Waals surface area contributed by atoms with E-state index in [2.05, 4.69) is 33.2 Å². The van der Waals surface area contributed by atoms with Gasteiger partial charge in [-0.25, -0.2) is 4.98 Å². The maximum Gasteiger partial charge on any atom is 0.228 e. The smallest absolute Gasteiger partial charge is 0.228 e. The number of carbonyl (C=O) groups excluding carboxylic acids is 1. The largest absolute Gasteiger partial charge is 0.310 e. The summed E-state index contributed by atoms with van der Waals surface area (Å²) in [6.45, 7) is 2.12. The molecule has 0 unspecified atom stereocenters. The standard InChI is InChI=1S/C11H13BrN2O/c1-2-7-5-9(7)11(15)14-10-4-3-8(12)6-13-10/h3-4,6-7,9H,2,5H2,1H3,(H,13,14,15)/t7-,9-/m1/s1. The highest BCUT2D eigenvalue weighted by atomic mass is 79.9. The van der Waals surface area contributed by atoms with Gasteiger partial charge in [0.25, 0.3) is 0 Å². The predicted molar refractivity (Wildman–Crippen MR) is 62.5 cm³/mol. The van der Waals surface area contributed by atoms with Crippen LogP contribution in [0.2, 0.25) is 0 Å². The van der Waals surface area contributed by atoms with Gasteiger partial charge in [-0.1, -0.05) is 13.3 Å². The van der Waals surface area contributed by atoms with Crippen LogP contribution in [0.1, 0.15) is 19.8 Å². The van der Waals surface area contributed by atoms with Gasteiger partial charge in [-0.15, -0.1) is 0 Å². The van der Waals surface area contributed by atoms with E-state index in [-0.39, 0.29) is 11.8 Å². The molecule has 2 atom stereocenters. The number of nitrogens with zero attached hydrogens (tertiary/aromatic N) is 1. The topological polar surface area (TPSA) is 42.0 Å². The number of anilines is 1. The number of pyridine rings is 1. The van der Waals surface area contributed by atoms with Gasteiger partial charge in [0.1, 0.15) is 5.82 Å². The van der Waals surface area contributed by atoms with Gasteiger partial charge in [0.05, 0.1) is 0 Å². The number of hydrogen-bond acceptors (Lipinski definition) is 2. The monoisotopic (exact) mass is 268 g/mol. The first kappa shape index (κ1) is 10.6. The van der Waals surface area contributed by atoms with Crippen LogP contribution in [0.5, 0.6) is 0 Å². The first-order chi connectivity index (χ1) is 7.20. The van der Waals surface area contributed by atoms with Crippen molar-refractivity contribution < 1.29 is 4.79 Å². The van der Waals surface area contributed by atoms with E-state index in [1.54, 1.807) is 12.3 Å². The van der Waals surface area contributed by atoms with Crippen LogP contribution >= 0.6 is 15.9 Å². The van der Waals surface area contributed by atoms with Gasteiger partial charge >= 0.3 is 0 Å². The molecule has 1 fully saturated rings. The number of halogens is 1. The molecule has 80 valence electrons. The van der Waals surface area contributed by atoms with Crippen molar-refractivity contribution in [1.29, 1.82) is 0 Å². The molecule has 0 spiro atoms. The van der Waals surface area contributed by atoms with Gasteiger partial charge in [-0.3, -0.25) is 4.79 Å². The molecule has 0 saturated heterocycles. The Morgan fingerprint density at radius 3 is 3.00 bits per heavy atom. The lowest BCUT2D eigenvalue weighted by Gasteiger charge is -2.03. The molecule has 1 saturated carbocycles. The van der Waals surface area contributed by atoms with Gasteiger partial charge in [0.2, 0.25) is 5.91 Å². The van der Waals surface area contributed by atoms with E-state index in [9.17, 15) is 4.79 Å². The zero-order valence-electron chi connectivity index (χ0n) is 8.53. The maximum atomic E-state index is 11.7. The predicted octanol–water partition coefficient (Wildman–Crippen LogP) is 2.83. The van der Waals surface area contributed by atoms with Crippen LogP contribution in [0.25, 0.3) is 0 Å². The van der Waals surface area contributed by atoms with Crippen LogP contribution in [0.3, 0.4) is 0 Å². The SMILES string of the molecule is CC[C@@H]1C[C@H]1C(=O)Nc1ccc(Br)cn1. The van der Waals surface area contributed by atoms with E-state index in [0.29, 0.717) is 11.7 Å². The molecule has 1 aliphatic carbocycles. The molecule has 4 heteroatoms. The Kier molecular flexibility index (Phi) is 3.05. The summed E-state index contributed by atoms with van der Waals surface area (Å²) in [6.07, 6.45) is 3.80. The number of rotatable bonds is 3. The van der Waals surface area contributed by atoms with E-state index in [0.717, 1.165) is 17.3 Å². The van der Waals surface area contributed by atoms with Gasteiger partial charge in [-0.2, -0.15) is 0 Å². The van der Waals surface area contributed by atoms with Crippen molar-refractivity contribution in [3.05, 3.63) is 22.8 Å². The highest BCUT2D eigenvalue weighted by Gasteiger charge is 2.41. The lowest BCUT2D eigenvalue weighted by molar-refractivity contribution is -0.117. The summed E-state index contributed by atoms with van der Waals surface area (Å²) in [4.78, 5) is 15.8. The molecule has 0 aromatic carbocycles. The lowest BCUT2D eigenvalue weighted by atomic mass is 10.2. The van der Waals surface area contributed by atoms with Crippen LogP contribution in [0.15, 0.2) is 22.8 Å². The van der Waals surface area contributed by atoms with Gasteiger partial charge in [0.15, 0.2) is 0 Å². The van der Waals surface area contributed by atoms with Crippen LogP contribution in [0.4, 0.5) is 5.82 Å². The molecule has 1 heterocycles. The minimum atomic E-state index is 0.108. The maximum absolute atomic E-state index is 11.7. The van der Waals surface area contributed by atoms with Gasteiger partial charge < -0.3 is 5.32 Å². The second-order valence-corrected chi connectivity index (χ2v) is 4.78. The summed E-state index contributed by atoms with van der Waals surface area (Å²) < 4.78 is 0.915. The molecule has 1 N–H and O–H groups in total. The quantitative estimate of drug-likeness (QED) is 0.916. The van der Waals surface area contributed by atoms with Crippen molar-refractivity contribution in [1.82, 2.24) is 4.98 Å². The number of hydrogen-bond donors (Lipinski definition) is 1. The van der Waals surface area contributed by atoms with E-state index in [4.69, 9.17) is 0 Å². The first-order valence-corrected chi connectivity index (χ1v) is 5.92. The van der Waals surface area contributed by atoms with Crippen LogP contribution in [-0.2, 0) is 4.79 Å². The highest BCUT2D eigenvalue weighted by molar-refractivity contribution is 9.10. The Balaban J connectivity index is 1.92. The second kappa shape index (κ2) is 4.31. The van der Waals surface area contributed by atoms with Crippen molar-refractivity contribution in [2.24, 2.45) is 11.8 Å². The van der Waals surface area contributed by atoms with E-state index >= 15 is 0 Å². The summed E-state index contributed by atoms with van der Waals surface area (Å²) in [6, 6.07) is 3.66. The van der Waals surface area contributed by atoms with Crippen molar-refractivity contribution in [3.8, 4) is 0 Å². The molecule has 3 nitrogen and oxygen atoms in total. The Morgan fingerprint density at radius 1 is 1.67 bits per heavy atom. The van der Waals surface area contributed by atoms with Gasteiger partial charge in [-0.05, 0) is 40.4 Å². The summed E-state index contributed by atoms with van der Waals surface area (Å²) in [5.74, 6) is 1.53. The molecule has 1 amide bonds. The molecule has 0 bridgehead atoms. The zero-order valence-corrected chi connectivity index (χ0v) is 10.1. The van der Waals surface area contributed by atoms with Crippen molar-refractivity contribution in [2.75, 3.05) is 5.32 Å². The molecule has 1 aromatic heterocycles. The lowest BCUT2D eigenvalue weighted by Crippen LogP contribution is -2.15. The van der Waals surface area contributed by atoms with E-state index in [1.807, 2.05) is 6.07 Å². The van der Waals surface area contributed by atoms with Crippen LogP contribution in [0, 0.1) is 11.8 Å². The molecular formula is C11H13BrN2O. The van der Waals surface area contributed by atoms with Crippen molar-refractivity contribution in [3.63, 3.8) is 0 Å². The normalized spacial score (nSPS) is 23.6. The average molecular weight is 269 g/mol. The third kappa shape index (κ3) is 2.56. The molecule has 2 rings (SSSR count). The number of nitrogens with one attached hydrogen (secondary N) is 1. The molecular weight excluding hydrogens is 256 g/mol. The fraction of sp³-hybridized carbons (Fsp3) is 0.455. The van der Waals surface area contributed by atoms with Gasteiger partial charge in [0, 0.05) is 16.6 Å². The summed E-state index contributed by atoms with van der Waals surface area (Å²) in [5.41, 5.74) is 0. The summed E-state index contributed by atoms with van der Waals surface area (Å²) >= 11 is 3.30. The Labute approximate surface area is 97.4 Å². The fourth-order valence-electron chi connectivity index (χ4n) is 1.69.